The number of oxime groups is 1. The zero-order valence-corrected chi connectivity index (χ0v) is 12.2. The third-order valence-electron chi connectivity index (χ3n) is 3.73. The van der Waals surface area contributed by atoms with Gasteiger partial charge in [-0.1, -0.05) is 18.1 Å². The first kappa shape index (κ1) is 14.4. The van der Waals surface area contributed by atoms with Crippen molar-refractivity contribution >= 4 is 17.3 Å². The van der Waals surface area contributed by atoms with E-state index in [1.165, 1.54) is 0 Å². The summed E-state index contributed by atoms with van der Waals surface area (Å²) in [7, 11) is 3.91. The Hall–Kier alpha value is -2.04. The molecule has 2 rings (SSSR count). The minimum atomic E-state index is 0.0394. The van der Waals surface area contributed by atoms with Crippen LogP contribution in [0.2, 0.25) is 0 Å². The summed E-state index contributed by atoms with van der Waals surface area (Å²) in [5.74, 6) is 0.146. The number of carbonyl (C=O) groups is 1. The van der Waals surface area contributed by atoms with E-state index in [4.69, 9.17) is 5.21 Å². The first-order chi connectivity index (χ1) is 9.52. The van der Waals surface area contributed by atoms with Crippen LogP contribution in [0.5, 0.6) is 0 Å². The number of benzene rings is 1. The first-order valence-electron chi connectivity index (χ1n) is 6.80. The van der Waals surface area contributed by atoms with Gasteiger partial charge in [0.25, 0.3) is 5.91 Å². The van der Waals surface area contributed by atoms with Gasteiger partial charge in [0, 0.05) is 50.8 Å². The van der Waals surface area contributed by atoms with Gasteiger partial charge >= 0.3 is 0 Å². The third kappa shape index (κ3) is 2.92. The van der Waals surface area contributed by atoms with Gasteiger partial charge in [0.2, 0.25) is 0 Å². The predicted molar refractivity (Wildman–Crippen MR) is 79.7 cm³/mol. The lowest BCUT2D eigenvalue weighted by molar-refractivity contribution is 0.0734. The number of hydrogen-bond acceptors (Lipinski definition) is 4. The third-order valence-corrected chi connectivity index (χ3v) is 3.73. The molecule has 0 radical (unpaired) electrons. The maximum absolute atomic E-state index is 12.5. The Morgan fingerprint density at radius 3 is 2.80 bits per heavy atom. The van der Waals surface area contributed by atoms with Crippen molar-refractivity contribution in [1.82, 2.24) is 4.90 Å². The second-order valence-corrected chi connectivity index (χ2v) is 5.44. The molecule has 108 valence electrons. The van der Waals surface area contributed by atoms with E-state index in [0.29, 0.717) is 25.1 Å². The highest BCUT2D eigenvalue weighted by atomic mass is 16.4. The van der Waals surface area contributed by atoms with Gasteiger partial charge in [-0.25, -0.2) is 0 Å². The monoisotopic (exact) mass is 275 g/mol. The molecule has 1 N–H and O–H groups in total. The fourth-order valence-corrected chi connectivity index (χ4v) is 2.46. The number of anilines is 1. The zero-order valence-electron chi connectivity index (χ0n) is 12.2. The summed E-state index contributed by atoms with van der Waals surface area (Å²) >= 11 is 0. The SMILES string of the molecule is CC1CN(C(=O)c2cccc(N(C)C)c2)CC/C1=N\O. The van der Waals surface area contributed by atoms with Gasteiger partial charge in [-0.2, -0.15) is 0 Å². The number of piperidine rings is 1. The molecule has 5 heteroatoms. The van der Waals surface area contributed by atoms with E-state index < -0.39 is 0 Å². The van der Waals surface area contributed by atoms with Crippen LogP contribution in [0.1, 0.15) is 23.7 Å². The zero-order chi connectivity index (χ0) is 14.7. The second kappa shape index (κ2) is 5.94. The van der Waals surface area contributed by atoms with E-state index in [9.17, 15) is 4.79 Å². The van der Waals surface area contributed by atoms with Crippen molar-refractivity contribution in [2.75, 3.05) is 32.1 Å². The lowest BCUT2D eigenvalue weighted by Gasteiger charge is -2.31. The number of rotatable bonds is 2. The summed E-state index contributed by atoms with van der Waals surface area (Å²) < 4.78 is 0. The molecule has 1 heterocycles. The molecule has 1 amide bonds. The van der Waals surface area contributed by atoms with Crippen molar-refractivity contribution in [2.24, 2.45) is 11.1 Å². The van der Waals surface area contributed by atoms with E-state index in [2.05, 4.69) is 5.16 Å². The molecular formula is C15H21N3O2. The molecule has 1 fully saturated rings. The maximum atomic E-state index is 12.5. The van der Waals surface area contributed by atoms with E-state index in [1.54, 1.807) is 0 Å². The van der Waals surface area contributed by atoms with Crippen LogP contribution in [0, 0.1) is 5.92 Å². The van der Waals surface area contributed by atoms with Crippen molar-refractivity contribution < 1.29 is 10.0 Å². The predicted octanol–water partition coefficient (Wildman–Crippen LogP) is 2.06. The van der Waals surface area contributed by atoms with Gasteiger partial charge in [-0.05, 0) is 18.2 Å². The summed E-state index contributed by atoms with van der Waals surface area (Å²) in [6, 6.07) is 7.63. The summed E-state index contributed by atoms with van der Waals surface area (Å²) in [6.07, 6.45) is 0.636. The van der Waals surface area contributed by atoms with Crippen molar-refractivity contribution in [3.8, 4) is 0 Å². The quantitative estimate of drug-likeness (QED) is 0.664. The fourth-order valence-electron chi connectivity index (χ4n) is 2.46. The largest absolute Gasteiger partial charge is 0.411 e. The van der Waals surface area contributed by atoms with E-state index >= 15 is 0 Å². The Morgan fingerprint density at radius 1 is 1.45 bits per heavy atom. The number of likely N-dealkylation sites (tertiary alicyclic amines) is 1. The number of hydrogen-bond donors (Lipinski definition) is 1. The summed E-state index contributed by atoms with van der Waals surface area (Å²) in [5.41, 5.74) is 2.49. The fraction of sp³-hybridized carbons (Fsp3) is 0.467. The van der Waals surface area contributed by atoms with Gasteiger partial charge in [-0.15, -0.1) is 0 Å². The second-order valence-electron chi connectivity index (χ2n) is 5.44. The number of amides is 1. The van der Waals surface area contributed by atoms with Crippen LogP contribution < -0.4 is 4.90 Å². The molecule has 1 unspecified atom stereocenters. The molecule has 20 heavy (non-hydrogen) atoms. The van der Waals surface area contributed by atoms with Gasteiger partial charge < -0.3 is 15.0 Å². The minimum absolute atomic E-state index is 0.0394. The molecule has 1 aromatic carbocycles. The molecule has 1 aliphatic heterocycles. The van der Waals surface area contributed by atoms with E-state index in [-0.39, 0.29) is 11.8 Å². The number of nitrogens with zero attached hydrogens (tertiary/aromatic N) is 3. The Kier molecular flexibility index (Phi) is 4.27. The average Bonchev–Trinajstić information content (AvgIpc) is 2.46. The van der Waals surface area contributed by atoms with Crippen molar-refractivity contribution in [1.29, 1.82) is 0 Å². The molecule has 1 atom stereocenters. The standard InChI is InChI=1S/C15H21N3O2/c1-11-10-18(8-7-14(11)16-20)15(19)12-5-4-6-13(9-12)17(2)3/h4-6,9,11,20H,7-8,10H2,1-3H3/b16-14+. The molecule has 0 spiro atoms. The Morgan fingerprint density at radius 2 is 2.20 bits per heavy atom. The van der Waals surface area contributed by atoms with Crippen LogP contribution in [0.4, 0.5) is 5.69 Å². The average molecular weight is 275 g/mol. The molecule has 0 aromatic heterocycles. The molecule has 0 saturated carbocycles. The van der Waals surface area contributed by atoms with Crippen molar-refractivity contribution in [3.63, 3.8) is 0 Å². The van der Waals surface area contributed by atoms with E-state index in [0.717, 1.165) is 11.4 Å². The molecule has 1 aromatic rings. The van der Waals surface area contributed by atoms with Crippen LogP contribution in [-0.2, 0) is 0 Å². The van der Waals surface area contributed by atoms with Crippen LogP contribution in [0.15, 0.2) is 29.4 Å². The Bertz CT molecular complexity index is 526. The normalized spacial score (nSPS) is 21.1. The highest BCUT2D eigenvalue weighted by Crippen LogP contribution is 2.19. The molecule has 5 nitrogen and oxygen atoms in total. The topological polar surface area (TPSA) is 56.1 Å². The lowest BCUT2D eigenvalue weighted by Crippen LogP contribution is -2.43. The van der Waals surface area contributed by atoms with E-state index in [1.807, 2.05) is 55.1 Å². The van der Waals surface area contributed by atoms with Gasteiger partial charge in [0.1, 0.15) is 0 Å². The maximum Gasteiger partial charge on any atom is 0.253 e. The van der Waals surface area contributed by atoms with Gasteiger partial charge in [-0.3, -0.25) is 4.79 Å². The Labute approximate surface area is 119 Å². The minimum Gasteiger partial charge on any atom is -0.411 e. The summed E-state index contributed by atoms with van der Waals surface area (Å²) in [5, 5.41) is 12.2. The van der Waals surface area contributed by atoms with Gasteiger partial charge in [0.15, 0.2) is 0 Å². The highest BCUT2D eigenvalue weighted by Gasteiger charge is 2.26. The smallest absolute Gasteiger partial charge is 0.253 e. The summed E-state index contributed by atoms with van der Waals surface area (Å²) in [4.78, 5) is 16.3. The molecule has 1 saturated heterocycles. The summed E-state index contributed by atoms with van der Waals surface area (Å²) in [6.45, 7) is 3.18. The van der Waals surface area contributed by atoms with Crippen LogP contribution in [0.3, 0.4) is 0 Å². The molecule has 0 aliphatic carbocycles. The molecule has 1 aliphatic rings. The Balaban J connectivity index is 2.14. The van der Waals surface area contributed by atoms with Gasteiger partial charge in [0.05, 0.1) is 5.71 Å². The lowest BCUT2D eigenvalue weighted by atomic mass is 9.97. The first-order valence-corrected chi connectivity index (χ1v) is 6.80. The van der Waals surface area contributed by atoms with Crippen molar-refractivity contribution in [2.45, 2.75) is 13.3 Å². The molecule has 0 bridgehead atoms. The molecular weight excluding hydrogens is 254 g/mol. The van der Waals surface area contributed by atoms with Crippen LogP contribution in [-0.4, -0.2) is 48.9 Å². The van der Waals surface area contributed by atoms with Crippen molar-refractivity contribution in [3.05, 3.63) is 29.8 Å². The van der Waals surface area contributed by atoms with Crippen LogP contribution >= 0.6 is 0 Å². The van der Waals surface area contributed by atoms with Crippen LogP contribution in [0.25, 0.3) is 0 Å². The highest BCUT2D eigenvalue weighted by molar-refractivity contribution is 5.97. The number of carbonyl (C=O) groups excluding carboxylic acids is 1.